The second kappa shape index (κ2) is 23.1. The molecule has 14 heavy (non-hydrogen) atoms. The maximum absolute atomic E-state index is 8.68. The molecule has 2 unspecified atom stereocenters. The molecule has 5 heteroatoms. The first kappa shape index (κ1) is 23.6. The normalized spacial score (nSPS) is 11.3. The Labute approximate surface area is 100 Å². The second-order valence-corrected chi connectivity index (χ2v) is 2.38. The van der Waals surface area contributed by atoms with E-state index in [4.69, 9.17) is 21.1 Å². The van der Waals surface area contributed by atoms with Crippen LogP contribution in [0.25, 0.3) is 0 Å². The van der Waals surface area contributed by atoms with E-state index in [2.05, 4.69) is 6.92 Å². The fourth-order valence-electron chi connectivity index (χ4n) is 0.478. The second-order valence-electron chi connectivity index (χ2n) is 2.38. The standard InChI is InChI=1S/C5H13N2.2C2H3O.Pd/c1-4(6)3-5(2)7;2*1-2-3;/h4-5H,1,3,6-7H2,2H3;2*1H3;/q3*-1;. The van der Waals surface area contributed by atoms with Crippen molar-refractivity contribution in [3.05, 3.63) is 6.92 Å². The van der Waals surface area contributed by atoms with Crippen LogP contribution in [0.1, 0.15) is 27.2 Å². The van der Waals surface area contributed by atoms with Gasteiger partial charge < -0.3 is 28.0 Å². The van der Waals surface area contributed by atoms with Crippen molar-refractivity contribution in [2.24, 2.45) is 11.5 Å². The van der Waals surface area contributed by atoms with Crippen LogP contribution >= 0.6 is 0 Å². The van der Waals surface area contributed by atoms with Crippen LogP contribution in [0, 0.1) is 6.92 Å². The van der Waals surface area contributed by atoms with Gasteiger partial charge in [-0.1, -0.05) is 13.3 Å². The Bertz CT molecular complexity index is 97.0. The molecule has 0 fully saturated rings. The van der Waals surface area contributed by atoms with E-state index >= 15 is 0 Å². The van der Waals surface area contributed by atoms with Crippen LogP contribution in [0.3, 0.4) is 0 Å². The van der Waals surface area contributed by atoms with Gasteiger partial charge in [-0.05, 0) is 6.04 Å². The first-order valence-electron chi connectivity index (χ1n) is 3.88. The van der Waals surface area contributed by atoms with E-state index in [0.29, 0.717) is 0 Å². The zero-order valence-electron chi connectivity index (χ0n) is 8.86. The van der Waals surface area contributed by atoms with Crippen LogP contribution in [0.15, 0.2) is 0 Å². The van der Waals surface area contributed by atoms with Crippen molar-refractivity contribution in [2.75, 3.05) is 0 Å². The molecule has 90 valence electrons. The van der Waals surface area contributed by atoms with Crippen molar-refractivity contribution in [1.82, 2.24) is 0 Å². The summed E-state index contributed by atoms with van der Waals surface area (Å²) in [6, 6.07) is 0.187. The third-order valence-corrected chi connectivity index (χ3v) is 0.675. The summed E-state index contributed by atoms with van der Waals surface area (Å²) < 4.78 is 0. The summed E-state index contributed by atoms with van der Waals surface area (Å²) in [6.45, 7) is 8.14. The molecule has 0 aliphatic rings. The Morgan fingerprint density at radius 2 is 1.43 bits per heavy atom. The molecule has 4 N–H and O–H groups in total. The Hall–Kier alpha value is -0.0777. The Morgan fingerprint density at radius 1 is 1.21 bits per heavy atom. The minimum absolute atomic E-state index is 0. The van der Waals surface area contributed by atoms with Crippen molar-refractivity contribution in [2.45, 2.75) is 39.3 Å². The van der Waals surface area contributed by atoms with E-state index in [9.17, 15) is 0 Å². The molecule has 0 spiro atoms. The monoisotopic (exact) mass is 293 g/mol. The zero-order chi connectivity index (χ0) is 11.3. The topological polar surface area (TPSA) is 86.2 Å². The molecule has 0 aliphatic carbocycles. The molecule has 0 bridgehead atoms. The predicted octanol–water partition coefficient (Wildman–Crippen LogP) is 0.115. The van der Waals surface area contributed by atoms with Gasteiger partial charge in [0.25, 0.3) is 0 Å². The first-order chi connectivity index (χ1) is 5.95. The predicted molar refractivity (Wildman–Crippen MR) is 54.3 cm³/mol. The van der Waals surface area contributed by atoms with Crippen molar-refractivity contribution >= 4 is 12.6 Å². The SMILES string of the molecule is C[C-]=O.C[C-]=O.[CH2-]C(N)CC(C)N.[Pd]. The van der Waals surface area contributed by atoms with E-state index in [1.54, 1.807) is 0 Å². The van der Waals surface area contributed by atoms with E-state index in [1.807, 2.05) is 6.92 Å². The van der Waals surface area contributed by atoms with Gasteiger partial charge in [-0.25, -0.2) is 0 Å². The Kier molecular flexibility index (Phi) is 38.9. The third-order valence-electron chi connectivity index (χ3n) is 0.675. The summed E-state index contributed by atoms with van der Waals surface area (Å²) >= 11 is 0. The summed E-state index contributed by atoms with van der Waals surface area (Å²) in [6.07, 6.45) is 3.81. The first-order valence-corrected chi connectivity index (χ1v) is 3.88. The smallest absolute Gasteiger partial charge is 0 e. The third kappa shape index (κ3) is 92.4. The number of hydrogen-bond donors (Lipinski definition) is 2. The van der Waals surface area contributed by atoms with E-state index in [1.165, 1.54) is 26.4 Å². The molecule has 0 saturated heterocycles. The van der Waals surface area contributed by atoms with Gasteiger partial charge in [-0.3, -0.25) is 12.6 Å². The minimum Gasteiger partial charge on any atom is -0.542 e. The van der Waals surface area contributed by atoms with Gasteiger partial charge in [-0.15, -0.1) is 6.04 Å². The van der Waals surface area contributed by atoms with Gasteiger partial charge in [0.2, 0.25) is 0 Å². The summed E-state index contributed by atoms with van der Waals surface area (Å²) in [5.74, 6) is 0. The Morgan fingerprint density at radius 3 is 1.43 bits per heavy atom. The molecule has 4 nitrogen and oxygen atoms in total. The van der Waals surface area contributed by atoms with Gasteiger partial charge in [0.1, 0.15) is 0 Å². The summed E-state index contributed by atoms with van der Waals surface area (Å²) in [5.41, 5.74) is 10.7. The maximum Gasteiger partial charge on any atom is 0 e. The molecule has 2 atom stereocenters. The fourth-order valence-corrected chi connectivity index (χ4v) is 0.478. The average molecular weight is 294 g/mol. The number of carbonyl (C=O) groups excluding carboxylic acids is 2. The van der Waals surface area contributed by atoms with Crippen molar-refractivity contribution in [3.8, 4) is 0 Å². The van der Waals surface area contributed by atoms with Crippen molar-refractivity contribution < 1.29 is 30.0 Å². The van der Waals surface area contributed by atoms with Crippen LogP contribution < -0.4 is 11.5 Å². The molecule has 0 aromatic rings. The summed E-state index contributed by atoms with van der Waals surface area (Å²) in [4.78, 5) is 17.4. The van der Waals surface area contributed by atoms with Crippen LogP contribution in [0.5, 0.6) is 0 Å². The molecule has 0 amide bonds. The molecule has 0 saturated carbocycles. The average Bonchev–Trinajstić information content (AvgIpc) is 1.86. The van der Waals surface area contributed by atoms with E-state index in [0.717, 1.165) is 6.42 Å². The molecular formula is C9H19N2O2Pd-3. The van der Waals surface area contributed by atoms with Crippen molar-refractivity contribution in [1.29, 1.82) is 0 Å². The largest absolute Gasteiger partial charge is 0.542 e. The van der Waals surface area contributed by atoms with Gasteiger partial charge >= 0.3 is 0 Å². The molecule has 0 rings (SSSR count). The minimum atomic E-state index is -0.000000000000000444. The van der Waals surface area contributed by atoms with Crippen LogP contribution in [0.4, 0.5) is 0 Å². The molecule has 0 heterocycles. The maximum atomic E-state index is 8.68. The fraction of sp³-hybridized carbons (Fsp3) is 0.667. The van der Waals surface area contributed by atoms with E-state index in [-0.39, 0.29) is 32.5 Å². The van der Waals surface area contributed by atoms with Crippen LogP contribution in [0.2, 0.25) is 0 Å². The number of rotatable bonds is 2. The van der Waals surface area contributed by atoms with Gasteiger partial charge in [0, 0.05) is 20.4 Å². The molecule has 0 radical (unpaired) electrons. The zero-order valence-corrected chi connectivity index (χ0v) is 10.4. The summed E-state index contributed by atoms with van der Waals surface area (Å²) in [7, 11) is 0. The number of nitrogens with two attached hydrogens (primary N) is 2. The van der Waals surface area contributed by atoms with Gasteiger partial charge in [-0.2, -0.15) is 13.8 Å². The van der Waals surface area contributed by atoms with Crippen molar-refractivity contribution in [3.63, 3.8) is 0 Å². The van der Waals surface area contributed by atoms with Crippen LogP contribution in [-0.2, 0) is 30.0 Å². The molecule has 0 aromatic heterocycles. The molecular weight excluding hydrogens is 275 g/mol. The molecule has 0 aliphatic heterocycles. The molecule has 0 aromatic carbocycles. The quantitative estimate of drug-likeness (QED) is 0.559. The number of hydrogen-bond acceptors (Lipinski definition) is 4. The Balaban J connectivity index is -0.0000000610. The van der Waals surface area contributed by atoms with Crippen LogP contribution in [-0.4, -0.2) is 24.7 Å². The van der Waals surface area contributed by atoms with Gasteiger partial charge in [0.15, 0.2) is 0 Å². The van der Waals surface area contributed by atoms with E-state index < -0.39 is 0 Å². The van der Waals surface area contributed by atoms with Gasteiger partial charge in [0.05, 0.1) is 0 Å². The summed E-state index contributed by atoms with van der Waals surface area (Å²) in [5, 5.41) is 0.